The molecule has 0 saturated heterocycles. The van der Waals surface area contributed by atoms with E-state index in [1.807, 2.05) is 37.3 Å². The average molecular weight is 303 g/mol. The fraction of sp³-hybridized carbons (Fsp3) is 0.111. The fourth-order valence-corrected chi connectivity index (χ4v) is 2.17. The van der Waals surface area contributed by atoms with Crippen LogP contribution in [0.1, 0.15) is 27.7 Å². The zero-order valence-electron chi connectivity index (χ0n) is 12.4. The summed E-state index contributed by atoms with van der Waals surface area (Å²) in [6, 6.07) is 18.1. The van der Waals surface area contributed by atoms with Gasteiger partial charge in [-0.15, -0.1) is 0 Å². The van der Waals surface area contributed by atoms with Crippen LogP contribution in [0, 0.1) is 18.3 Å². The molecule has 0 N–H and O–H groups in total. The molecule has 5 nitrogen and oxygen atoms in total. The van der Waals surface area contributed by atoms with Crippen LogP contribution < -0.4 is 0 Å². The first kappa shape index (κ1) is 14.7. The van der Waals surface area contributed by atoms with Gasteiger partial charge in [0.1, 0.15) is 0 Å². The Bertz CT molecular complexity index is 861. The molecule has 0 fully saturated rings. The van der Waals surface area contributed by atoms with Crippen LogP contribution in [0.25, 0.3) is 11.4 Å². The fourth-order valence-electron chi connectivity index (χ4n) is 2.17. The molecule has 3 aromatic rings. The molecule has 0 aliphatic rings. The molecule has 2 aromatic carbocycles. The summed E-state index contributed by atoms with van der Waals surface area (Å²) in [7, 11) is 0. The lowest BCUT2D eigenvalue weighted by Gasteiger charge is -2.02. The summed E-state index contributed by atoms with van der Waals surface area (Å²) in [6.07, 6.45) is 0. The van der Waals surface area contributed by atoms with Gasteiger partial charge in [0, 0.05) is 11.1 Å². The second-order valence-corrected chi connectivity index (χ2v) is 5.11. The van der Waals surface area contributed by atoms with E-state index in [2.05, 4.69) is 10.1 Å². The SMILES string of the molecule is Cc1ccc(-c2noc(C(C#N)C(=O)c3ccccc3)n2)cc1. The third-order valence-corrected chi connectivity index (χ3v) is 3.45. The highest BCUT2D eigenvalue weighted by atomic mass is 16.5. The number of ketones is 1. The van der Waals surface area contributed by atoms with Crippen molar-refractivity contribution in [2.45, 2.75) is 12.8 Å². The second-order valence-electron chi connectivity index (χ2n) is 5.11. The minimum absolute atomic E-state index is 0.0110. The molecule has 5 heteroatoms. The monoisotopic (exact) mass is 303 g/mol. The zero-order chi connectivity index (χ0) is 16.2. The number of aryl methyl sites for hydroxylation is 1. The molecule has 0 saturated carbocycles. The Kier molecular flexibility index (Phi) is 3.98. The molecule has 1 aromatic heterocycles. The third kappa shape index (κ3) is 3.01. The molecule has 3 rings (SSSR count). The van der Waals surface area contributed by atoms with E-state index in [-0.39, 0.29) is 11.7 Å². The first-order chi connectivity index (χ1) is 11.2. The van der Waals surface area contributed by atoms with Crippen molar-refractivity contribution in [1.82, 2.24) is 10.1 Å². The third-order valence-electron chi connectivity index (χ3n) is 3.45. The summed E-state index contributed by atoms with van der Waals surface area (Å²) in [5.41, 5.74) is 2.33. The van der Waals surface area contributed by atoms with Crippen molar-refractivity contribution in [2.75, 3.05) is 0 Å². The van der Waals surface area contributed by atoms with E-state index in [9.17, 15) is 10.1 Å². The van der Waals surface area contributed by atoms with Gasteiger partial charge in [0.15, 0.2) is 11.7 Å². The van der Waals surface area contributed by atoms with E-state index < -0.39 is 5.92 Å². The predicted molar refractivity (Wildman–Crippen MR) is 83.6 cm³/mol. The van der Waals surface area contributed by atoms with Gasteiger partial charge in [-0.1, -0.05) is 65.3 Å². The minimum Gasteiger partial charge on any atom is -0.337 e. The predicted octanol–water partition coefficient (Wildman–Crippen LogP) is 3.54. The highest BCUT2D eigenvalue weighted by Crippen LogP contribution is 2.23. The molecular weight excluding hydrogens is 290 g/mol. The number of nitriles is 1. The molecule has 1 unspecified atom stereocenters. The van der Waals surface area contributed by atoms with Crippen LogP contribution in [-0.2, 0) is 0 Å². The lowest BCUT2D eigenvalue weighted by molar-refractivity contribution is 0.0966. The Balaban J connectivity index is 1.90. The summed E-state index contributed by atoms with van der Waals surface area (Å²) in [5.74, 6) is -1.09. The topological polar surface area (TPSA) is 79.8 Å². The Morgan fingerprint density at radius 3 is 2.48 bits per heavy atom. The average Bonchev–Trinajstić information content (AvgIpc) is 3.06. The number of rotatable bonds is 4. The molecule has 0 bridgehead atoms. The highest BCUT2D eigenvalue weighted by molar-refractivity contribution is 6.02. The Labute approximate surface area is 133 Å². The number of Topliss-reactive ketones (excluding diaryl/α,β-unsaturated/α-hetero) is 1. The van der Waals surface area contributed by atoms with Crippen molar-refractivity contribution >= 4 is 5.78 Å². The van der Waals surface area contributed by atoms with Crippen LogP contribution in [0.3, 0.4) is 0 Å². The molecule has 0 radical (unpaired) electrons. The van der Waals surface area contributed by atoms with Crippen molar-refractivity contribution in [1.29, 1.82) is 5.26 Å². The number of carbonyl (C=O) groups excluding carboxylic acids is 1. The molecule has 0 spiro atoms. The molecular formula is C18H13N3O2. The highest BCUT2D eigenvalue weighted by Gasteiger charge is 2.27. The van der Waals surface area contributed by atoms with Crippen LogP contribution in [0.4, 0.5) is 0 Å². The lowest BCUT2D eigenvalue weighted by atomic mass is 9.99. The maximum atomic E-state index is 12.4. The number of hydrogen-bond acceptors (Lipinski definition) is 5. The van der Waals surface area contributed by atoms with Crippen LogP contribution in [0.5, 0.6) is 0 Å². The summed E-state index contributed by atoms with van der Waals surface area (Å²) in [4.78, 5) is 16.6. The van der Waals surface area contributed by atoms with Gasteiger partial charge < -0.3 is 4.52 Å². The van der Waals surface area contributed by atoms with Crippen LogP contribution >= 0.6 is 0 Å². The van der Waals surface area contributed by atoms with Gasteiger partial charge in [-0.2, -0.15) is 10.2 Å². The summed E-state index contributed by atoms with van der Waals surface area (Å²) < 4.78 is 5.14. The number of carbonyl (C=O) groups is 1. The van der Waals surface area contributed by atoms with E-state index in [0.717, 1.165) is 11.1 Å². The van der Waals surface area contributed by atoms with Crippen molar-refractivity contribution in [3.8, 4) is 17.5 Å². The maximum absolute atomic E-state index is 12.4. The van der Waals surface area contributed by atoms with E-state index in [0.29, 0.717) is 11.4 Å². The van der Waals surface area contributed by atoms with Crippen molar-refractivity contribution in [3.05, 3.63) is 71.6 Å². The Morgan fingerprint density at radius 2 is 1.83 bits per heavy atom. The van der Waals surface area contributed by atoms with Gasteiger partial charge in [0.05, 0.1) is 6.07 Å². The van der Waals surface area contributed by atoms with Gasteiger partial charge >= 0.3 is 0 Å². The van der Waals surface area contributed by atoms with Crippen LogP contribution in [0.15, 0.2) is 59.1 Å². The number of hydrogen-bond donors (Lipinski definition) is 0. The quantitative estimate of drug-likeness (QED) is 0.689. The largest absolute Gasteiger partial charge is 0.337 e. The summed E-state index contributed by atoms with van der Waals surface area (Å²) in [5, 5.41) is 13.2. The van der Waals surface area contributed by atoms with Crippen LogP contribution in [-0.4, -0.2) is 15.9 Å². The van der Waals surface area contributed by atoms with Crippen molar-refractivity contribution in [2.24, 2.45) is 0 Å². The van der Waals surface area contributed by atoms with E-state index in [1.165, 1.54) is 0 Å². The molecule has 0 aliphatic carbocycles. The normalized spacial score (nSPS) is 11.7. The molecule has 0 aliphatic heterocycles. The van der Waals surface area contributed by atoms with Gasteiger partial charge in [0.2, 0.25) is 5.82 Å². The number of nitrogens with zero attached hydrogens (tertiary/aromatic N) is 3. The van der Waals surface area contributed by atoms with E-state index in [1.54, 1.807) is 30.3 Å². The Morgan fingerprint density at radius 1 is 1.13 bits per heavy atom. The first-order valence-electron chi connectivity index (χ1n) is 7.08. The van der Waals surface area contributed by atoms with Gasteiger partial charge in [-0.25, -0.2) is 0 Å². The van der Waals surface area contributed by atoms with Gasteiger partial charge in [-0.3, -0.25) is 4.79 Å². The Hall–Kier alpha value is -3.26. The van der Waals surface area contributed by atoms with Crippen molar-refractivity contribution in [3.63, 3.8) is 0 Å². The zero-order valence-corrected chi connectivity index (χ0v) is 12.4. The standard InChI is InChI=1S/C18H13N3O2/c1-12-7-9-14(10-8-12)17-20-18(23-21-17)15(11-19)16(22)13-5-3-2-4-6-13/h2-10,15H,1H3. The maximum Gasteiger partial charge on any atom is 0.252 e. The molecule has 112 valence electrons. The minimum atomic E-state index is -1.11. The molecule has 1 heterocycles. The number of aromatic nitrogens is 2. The smallest absolute Gasteiger partial charge is 0.252 e. The number of benzene rings is 2. The van der Waals surface area contributed by atoms with Gasteiger partial charge in [-0.05, 0) is 6.92 Å². The van der Waals surface area contributed by atoms with E-state index >= 15 is 0 Å². The van der Waals surface area contributed by atoms with Crippen molar-refractivity contribution < 1.29 is 9.32 Å². The molecule has 23 heavy (non-hydrogen) atoms. The van der Waals surface area contributed by atoms with Gasteiger partial charge in [0.25, 0.3) is 5.89 Å². The van der Waals surface area contributed by atoms with Crippen LogP contribution in [0.2, 0.25) is 0 Å². The second kappa shape index (κ2) is 6.24. The molecule has 0 amide bonds. The first-order valence-corrected chi connectivity index (χ1v) is 7.08. The van der Waals surface area contributed by atoms with E-state index in [4.69, 9.17) is 4.52 Å². The molecule has 1 atom stereocenters. The lowest BCUT2D eigenvalue weighted by Crippen LogP contribution is -2.11. The summed E-state index contributed by atoms with van der Waals surface area (Å²) >= 11 is 0. The summed E-state index contributed by atoms with van der Waals surface area (Å²) in [6.45, 7) is 1.98.